The number of rotatable bonds is 16. The quantitative estimate of drug-likeness (QED) is 0.0652. The van der Waals surface area contributed by atoms with E-state index in [2.05, 4.69) is 60.7 Å². The average molecular weight is 613 g/mol. The topological polar surface area (TPSA) is 193 Å². The van der Waals surface area contributed by atoms with Gasteiger partial charge in [-0.25, -0.2) is 0 Å². The molecule has 0 atom stereocenters. The maximum Gasteiger partial charge on any atom is 0.283 e. The molecule has 17 heteroatoms. The summed E-state index contributed by atoms with van der Waals surface area (Å²) in [5.41, 5.74) is 0. The maximum atomic E-state index is 10.8. The van der Waals surface area contributed by atoms with Crippen molar-refractivity contribution >= 4 is 64.6 Å². The molecule has 0 aromatic rings. The molecule has 0 unspecified atom stereocenters. The molecule has 212 valence electrons. The third-order valence-corrected chi connectivity index (χ3v) is 9.04. The molecule has 11 nitrogen and oxygen atoms in total. The van der Waals surface area contributed by atoms with Crippen LogP contribution in [0.3, 0.4) is 0 Å². The second-order valence-corrected chi connectivity index (χ2v) is 14.6. The summed E-state index contributed by atoms with van der Waals surface area (Å²) in [5.74, 6) is 10.4. The van der Waals surface area contributed by atoms with Crippen molar-refractivity contribution in [2.24, 2.45) is 11.8 Å². The lowest BCUT2D eigenvalue weighted by Gasteiger charge is -2.02. The summed E-state index contributed by atoms with van der Waals surface area (Å²) >= 11 is 3.76. The fraction of sp³-hybridized carbons (Fsp3) is 1.00. The second-order valence-electron chi connectivity index (χ2n) is 6.43. The lowest BCUT2D eigenvalue weighted by atomic mass is 10.4. The van der Waals surface area contributed by atoms with Crippen LogP contribution in [0.1, 0.15) is 72.6 Å². The molecule has 5 N–H and O–H groups in total. The molecule has 0 aliphatic rings. The van der Waals surface area contributed by atoms with E-state index >= 15 is 0 Å². The highest BCUT2D eigenvalue weighted by atomic mass is 33.1. The summed E-state index contributed by atoms with van der Waals surface area (Å²) in [6.07, 6.45) is 6.52. The van der Waals surface area contributed by atoms with E-state index in [1.54, 1.807) is 0 Å². The van der Waals surface area contributed by atoms with Crippen LogP contribution in [-0.4, -0.2) is 64.3 Å². The Labute approximate surface area is 221 Å². The van der Waals surface area contributed by atoms with E-state index in [1.807, 2.05) is 0 Å². The van der Waals surface area contributed by atoms with Crippen molar-refractivity contribution in [3.63, 3.8) is 0 Å². The minimum Gasteiger partial charge on any atom is -0.286 e. The molecule has 0 amide bonds. The van der Waals surface area contributed by atoms with Crippen molar-refractivity contribution < 1.29 is 38.4 Å². The van der Waals surface area contributed by atoms with Crippen molar-refractivity contribution in [2.75, 3.05) is 34.5 Å². The van der Waals surface area contributed by atoms with Gasteiger partial charge in [-0.3, -0.25) is 4.55 Å². The minimum absolute atomic E-state index is 0.132. The van der Waals surface area contributed by atoms with E-state index in [-0.39, 0.29) is 17.3 Å². The van der Waals surface area contributed by atoms with E-state index in [0.29, 0.717) is 36.5 Å². The van der Waals surface area contributed by atoms with Crippen molar-refractivity contribution in [1.29, 1.82) is 0 Å². The van der Waals surface area contributed by atoms with Crippen LogP contribution in [0.2, 0.25) is 0 Å². The van der Waals surface area contributed by atoms with E-state index in [0.717, 1.165) is 0 Å². The monoisotopic (exact) mass is 612 g/mol. The van der Waals surface area contributed by atoms with Crippen molar-refractivity contribution in [1.82, 2.24) is 0 Å². The molecule has 0 aromatic carbocycles. The molecule has 0 radical (unpaired) electrons. The third kappa shape index (κ3) is 46.1. The number of nitrogens with two attached hydrogens (primary N) is 2. The number of unbranched alkanes of at least 4 members (excludes halogenated alkanes) is 2. The van der Waals surface area contributed by atoms with Gasteiger partial charge in [0.1, 0.15) is 0 Å². The van der Waals surface area contributed by atoms with Crippen LogP contribution in [-0.2, 0) is 38.9 Å². The van der Waals surface area contributed by atoms with Crippen LogP contribution in [0.15, 0.2) is 0 Å². The number of hydrogen-bond donors (Lipinski definition) is 4. The Morgan fingerprint density at radius 1 is 0.676 bits per heavy atom. The Hall–Kier alpha value is 0.700. The normalized spacial score (nSPS) is 11.3. The Morgan fingerprint density at radius 3 is 1.18 bits per heavy atom. The van der Waals surface area contributed by atoms with Gasteiger partial charge in [0.05, 0.1) is 17.3 Å². The minimum atomic E-state index is -3.74. The molecular formula is C17H44N2O9S6. The molecule has 0 aliphatic heterocycles. The van der Waals surface area contributed by atoms with Gasteiger partial charge in [0.15, 0.2) is 0 Å². The SMILES string of the molecule is CCCC.CCCC.NOS(=O)(=O)CCCSSCCCS(=O)(=O)ON.O=S(=O)(O)CCCS. The van der Waals surface area contributed by atoms with Crippen molar-refractivity contribution in [3.8, 4) is 0 Å². The van der Waals surface area contributed by atoms with Gasteiger partial charge in [-0.05, 0) is 25.0 Å². The summed E-state index contributed by atoms with van der Waals surface area (Å²) < 4.78 is 78.8. The molecule has 0 aromatic heterocycles. The summed E-state index contributed by atoms with van der Waals surface area (Å²) in [6.45, 7) is 8.72. The van der Waals surface area contributed by atoms with Crippen molar-refractivity contribution in [3.05, 3.63) is 0 Å². The van der Waals surface area contributed by atoms with Gasteiger partial charge in [-0.2, -0.15) is 58.2 Å². The Balaban J connectivity index is -0.000000230. The first-order valence-corrected chi connectivity index (χ1v) is 18.6. The zero-order valence-corrected chi connectivity index (χ0v) is 25.5. The summed E-state index contributed by atoms with van der Waals surface area (Å²) in [5, 5.41) is 0. The third-order valence-electron chi connectivity index (χ3n) is 3.18. The zero-order chi connectivity index (χ0) is 27.5. The highest BCUT2D eigenvalue weighted by Crippen LogP contribution is 2.23. The molecule has 0 fully saturated rings. The first-order valence-electron chi connectivity index (χ1n) is 10.7. The average Bonchev–Trinajstić information content (AvgIpc) is 2.79. The molecule has 0 rings (SSSR count). The highest BCUT2D eigenvalue weighted by molar-refractivity contribution is 8.76. The fourth-order valence-electron chi connectivity index (χ4n) is 1.05. The van der Waals surface area contributed by atoms with Crippen LogP contribution >= 0.6 is 34.2 Å². The van der Waals surface area contributed by atoms with Crippen LogP contribution in [0.4, 0.5) is 0 Å². The summed E-state index contributed by atoms with van der Waals surface area (Å²) in [7, 11) is -8.02. The molecular weight excluding hydrogens is 569 g/mol. The van der Waals surface area contributed by atoms with E-state index in [9.17, 15) is 25.3 Å². The molecule has 0 saturated carbocycles. The number of hydrogen-bond acceptors (Lipinski definition) is 13. The molecule has 34 heavy (non-hydrogen) atoms. The van der Waals surface area contributed by atoms with Crippen LogP contribution in [0.5, 0.6) is 0 Å². The molecule has 0 aliphatic carbocycles. The van der Waals surface area contributed by atoms with E-state index < -0.39 is 30.4 Å². The first-order chi connectivity index (χ1) is 15.7. The molecule has 0 heterocycles. The largest absolute Gasteiger partial charge is 0.286 e. The Kier molecular flexibility index (Phi) is 34.8. The summed E-state index contributed by atoms with van der Waals surface area (Å²) in [6, 6.07) is 0. The second kappa shape index (κ2) is 28.3. The standard InChI is InChI=1S/C6H16N2O6S4.2C4H10.C3H8O3S2/c7-13-17(9,10)5-1-3-15-16-4-2-6-18(11,12)14-8;2*1-3-4-2;4-8(5,6)3-1-2-7/h1-8H2;2*3-4H2,1-2H3;7H,1-3H2,(H,4,5,6). The van der Waals surface area contributed by atoms with Gasteiger partial charge in [-0.15, -0.1) is 0 Å². The van der Waals surface area contributed by atoms with Gasteiger partial charge in [0.2, 0.25) is 0 Å². The van der Waals surface area contributed by atoms with Gasteiger partial charge >= 0.3 is 0 Å². The zero-order valence-electron chi connectivity index (χ0n) is 20.5. The lowest BCUT2D eigenvalue weighted by molar-refractivity contribution is 0.332. The van der Waals surface area contributed by atoms with Crippen LogP contribution in [0.25, 0.3) is 0 Å². The summed E-state index contributed by atoms with van der Waals surface area (Å²) in [4.78, 5) is 0. The first kappa shape index (κ1) is 41.8. The van der Waals surface area contributed by atoms with Gasteiger partial charge in [0.25, 0.3) is 30.4 Å². The van der Waals surface area contributed by atoms with E-state index in [1.165, 1.54) is 47.3 Å². The highest BCUT2D eigenvalue weighted by Gasteiger charge is 2.09. The molecule has 0 bridgehead atoms. The van der Waals surface area contributed by atoms with E-state index in [4.69, 9.17) is 4.55 Å². The maximum absolute atomic E-state index is 10.8. The Morgan fingerprint density at radius 2 is 1.00 bits per heavy atom. The predicted molar refractivity (Wildman–Crippen MR) is 148 cm³/mol. The van der Waals surface area contributed by atoms with Crippen LogP contribution in [0, 0.1) is 0 Å². The van der Waals surface area contributed by atoms with Gasteiger partial charge < -0.3 is 0 Å². The Bertz CT molecular complexity index is 670. The molecule has 0 spiro atoms. The smallest absolute Gasteiger partial charge is 0.283 e. The predicted octanol–water partition coefficient (Wildman–Crippen LogP) is 3.40. The van der Waals surface area contributed by atoms with Gasteiger partial charge in [-0.1, -0.05) is 75.0 Å². The van der Waals surface area contributed by atoms with Crippen LogP contribution < -0.4 is 11.8 Å². The molecule has 0 saturated heterocycles. The lowest BCUT2D eigenvalue weighted by Crippen LogP contribution is -2.15. The fourth-order valence-corrected chi connectivity index (χ4v) is 5.66. The van der Waals surface area contributed by atoms with Crippen molar-refractivity contribution in [2.45, 2.75) is 72.6 Å². The van der Waals surface area contributed by atoms with Gasteiger partial charge in [0, 0.05) is 11.5 Å². The number of thiol groups is 1.